The Bertz CT molecular complexity index is 466. The number of nitrogens with zero attached hydrogens (tertiary/aromatic N) is 4. The van der Waals surface area contributed by atoms with Crippen molar-refractivity contribution in [3.8, 4) is 0 Å². The summed E-state index contributed by atoms with van der Waals surface area (Å²) in [6, 6.07) is 0. The highest BCUT2D eigenvalue weighted by atomic mass is 19.4. The first kappa shape index (κ1) is 13.8. The summed E-state index contributed by atoms with van der Waals surface area (Å²) < 4.78 is 39.1. The van der Waals surface area contributed by atoms with Crippen LogP contribution in [0.1, 0.15) is 29.0 Å². The van der Waals surface area contributed by atoms with Crippen molar-refractivity contribution in [2.75, 3.05) is 19.6 Å². The largest absolute Gasteiger partial charge is 0.476 e. The fourth-order valence-electron chi connectivity index (χ4n) is 2.14. The molecule has 0 aromatic carbocycles. The van der Waals surface area contributed by atoms with E-state index in [9.17, 15) is 18.0 Å². The number of rotatable bonds is 4. The van der Waals surface area contributed by atoms with Crippen molar-refractivity contribution in [2.24, 2.45) is 0 Å². The molecule has 1 aromatic heterocycles. The van der Waals surface area contributed by atoms with Gasteiger partial charge in [-0.3, -0.25) is 0 Å². The lowest BCUT2D eigenvalue weighted by Crippen LogP contribution is -2.27. The minimum Gasteiger partial charge on any atom is -0.476 e. The molecule has 0 saturated carbocycles. The van der Waals surface area contributed by atoms with E-state index >= 15 is 0 Å². The van der Waals surface area contributed by atoms with Crippen molar-refractivity contribution in [2.45, 2.75) is 25.6 Å². The molecule has 0 spiro atoms. The molecule has 1 fully saturated rings. The van der Waals surface area contributed by atoms with Gasteiger partial charge >= 0.3 is 12.1 Å². The van der Waals surface area contributed by atoms with Gasteiger partial charge < -0.3 is 10.0 Å². The lowest BCUT2D eigenvalue weighted by atomic mass is 10.3. The number of aromatic carboxylic acids is 1. The fourth-order valence-corrected chi connectivity index (χ4v) is 2.14. The first-order chi connectivity index (χ1) is 8.89. The third kappa shape index (κ3) is 3.03. The molecule has 2 heterocycles. The van der Waals surface area contributed by atoms with Gasteiger partial charge in [0.05, 0.1) is 6.54 Å². The standard InChI is InChI=1S/C10H13F3N4O2/c11-10(12,13)8-7(9(18)19)14-15-17(8)6-5-16-3-1-2-4-16/h1-6H2,(H,18,19). The summed E-state index contributed by atoms with van der Waals surface area (Å²) in [5, 5.41) is 15.1. The molecular formula is C10H13F3N4O2. The third-order valence-electron chi connectivity index (χ3n) is 3.03. The van der Waals surface area contributed by atoms with Gasteiger partial charge in [-0.2, -0.15) is 13.2 Å². The SMILES string of the molecule is O=C(O)c1nnn(CCN2CCCC2)c1C(F)(F)F. The van der Waals surface area contributed by atoms with Crippen molar-refractivity contribution in [1.29, 1.82) is 0 Å². The Hall–Kier alpha value is -1.64. The first-order valence-corrected chi connectivity index (χ1v) is 5.86. The van der Waals surface area contributed by atoms with E-state index in [1.54, 1.807) is 0 Å². The molecule has 0 bridgehead atoms. The van der Waals surface area contributed by atoms with E-state index in [0.29, 0.717) is 11.2 Å². The zero-order chi connectivity index (χ0) is 14.0. The maximum Gasteiger partial charge on any atom is 0.435 e. The highest BCUT2D eigenvalue weighted by Crippen LogP contribution is 2.31. The van der Waals surface area contributed by atoms with Crippen LogP contribution < -0.4 is 0 Å². The molecule has 1 saturated heterocycles. The van der Waals surface area contributed by atoms with Crippen LogP contribution in [0.5, 0.6) is 0 Å². The van der Waals surface area contributed by atoms with E-state index in [0.717, 1.165) is 25.9 Å². The average Bonchev–Trinajstić information content (AvgIpc) is 2.94. The van der Waals surface area contributed by atoms with E-state index in [2.05, 4.69) is 10.3 Å². The molecule has 6 nitrogen and oxygen atoms in total. The number of likely N-dealkylation sites (tertiary alicyclic amines) is 1. The van der Waals surface area contributed by atoms with Crippen molar-refractivity contribution in [1.82, 2.24) is 19.9 Å². The Kier molecular flexibility index (Phi) is 3.74. The molecule has 106 valence electrons. The average molecular weight is 278 g/mol. The topological polar surface area (TPSA) is 71.2 Å². The van der Waals surface area contributed by atoms with Gasteiger partial charge in [0.25, 0.3) is 0 Å². The summed E-state index contributed by atoms with van der Waals surface area (Å²) in [5.74, 6) is -1.72. The normalized spacial score (nSPS) is 17.0. The van der Waals surface area contributed by atoms with Gasteiger partial charge in [-0.15, -0.1) is 5.10 Å². The number of halogens is 3. The smallest absolute Gasteiger partial charge is 0.435 e. The van der Waals surface area contributed by atoms with Gasteiger partial charge in [0, 0.05) is 6.54 Å². The predicted octanol–water partition coefficient (Wildman–Crippen LogP) is 1.09. The van der Waals surface area contributed by atoms with Crippen LogP contribution in [-0.4, -0.2) is 50.6 Å². The van der Waals surface area contributed by atoms with E-state index in [-0.39, 0.29) is 6.54 Å². The maximum atomic E-state index is 12.8. The lowest BCUT2D eigenvalue weighted by Gasteiger charge is -2.15. The van der Waals surface area contributed by atoms with Crippen LogP contribution in [0.4, 0.5) is 13.2 Å². The molecule has 2 rings (SSSR count). The summed E-state index contributed by atoms with van der Waals surface area (Å²) in [6.45, 7) is 2.09. The van der Waals surface area contributed by atoms with Crippen LogP contribution in [-0.2, 0) is 12.7 Å². The highest BCUT2D eigenvalue weighted by molar-refractivity contribution is 5.86. The van der Waals surface area contributed by atoms with Crippen molar-refractivity contribution < 1.29 is 23.1 Å². The minimum absolute atomic E-state index is 0.0187. The van der Waals surface area contributed by atoms with Crippen LogP contribution in [0.2, 0.25) is 0 Å². The van der Waals surface area contributed by atoms with E-state index < -0.39 is 23.5 Å². The second-order valence-corrected chi connectivity index (χ2v) is 4.36. The number of carboxylic acids is 1. The Morgan fingerprint density at radius 1 is 1.26 bits per heavy atom. The number of hydrogen-bond donors (Lipinski definition) is 1. The fraction of sp³-hybridized carbons (Fsp3) is 0.700. The van der Waals surface area contributed by atoms with Crippen LogP contribution in [0.25, 0.3) is 0 Å². The zero-order valence-corrected chi connectivity index (χ0v) is 10.0. The minimum atomic E-state index is -4.78. The quantitative estimate of drug-likeness (QED) is 0.892. The second kappa shape index (κ2) is 5.16. The Morgan fingerprint density at radius 3 is 2.42 bits per heavy atom. The van der Waals surface area contributed by atoms with E-state index in [1.165, 1.54) is 0 Å². The van der Waals surface area contributed by atoms with Gasteiger partial charge in [0.15, 0.2) is 5.69 Å². The van der Waals surface area contributed by atoms with Gasteiger partial charge in [-0.25, -0.2) is 9.48 Å². The van der Waals surface area contributed by atoms with E-state index in [1.807, 2.05) is 4.90 Å². The molecule has 0 atom stereocenters. The number of aromatic nitrogens is 3. The Balaban J connectivity index is 2.17. The Morgan fingerprint density at radius 2 is 1.89 bits per heavy atom. The molecule has 1 aromatic rings. The van der Waals surface area contributed by atoms with Crippen molar-refractivity contribution in [3.05, 3.63) is 11.4 Å². The summed E-state index contributed by atoms with van der Waals surface area (Å²) >= 11 is 0. The zero-order valence-electron chi connectivity index (χ0n) is 10.0. The molecule has 19 heavy (non-hydrogen) atoms. The number of hydrogen-bond acceptors (Lipinski definition) is 4. The van der Waals surface area contributed by atoms with E-state index in [4.69, 9.17) is 5.11 Å². The molecule has 0 radical (unpaired) electrons. The summed E-state index contributed by atoms with van der Waals surface area (Å²) in [7, 11) is 0. The second-order valence-electron chi connectivity index (χ2n) is 4.36. The molecule has 1 aliphatic rings. The molecule has 9 heteroatoms. The number of carboxylic acid groups (broad SMARTS) is 1. The highest BCUT2D eigenvalue weighted by Gasteiger charge is 2.41. The van der Waals surface area contributed by atoms with Crippen LogP contribution >= 0.6 is 0 Å². The molecule has 1 N–H and O–H groups in total. The third-order valence-corrected chi connectivity index (χ3v) is 3.03. The predicted molar refractivity (Wildman–Crippen MR) is 57.7 cm³/mol. The number of carbonyl (C=O) groups is 1. The molecule has 1 aliphatic heterocycles. The molecule has 0 aliphatic carbocycles. The van der Waals surface area contributed by atoms with Crippen LogP contribution in [0.15, 0.2) is 0 Å². The van der Waals surface area contributed by atoms with Gasteiger partial charge in [0.1, 0.15) is 0 Å². The van der Waals surface area contributed by atoms with Crippen LogP contribution in [0, 0.1) is 0 Å². The summed E-state index contributed by atoms with van der Waals surface area (Å²) in [6.07, 6.45) is -2.71. The van der Waals surface area contributed by atoms with Crippen molar-refractivity contribution >= 4 is 5.97 Å². The Labute approximate surface area is 106 Å². The lowest BCUT2D eigenvalue weighted by molar-refractivity contribution is -0.144. The van der Waals surface area contributed by atoms with Crippen molar-refractivity contribution in [3.63, 3.8) is 0 Å². The number of alkyl halides is 3. The molecule has 0 amide bonds. The molecule has 0 unspecified atom stereocenters. The van der Waals surface area contributed by atoms with Gasteiger partial charge in [-0.05, 0) is 25.9 Å². The summed E-state index contributed by atoms with van der Waals surface area (Å²) in [4.78, 5) is 12.7. The van der Waals surface area contributed by atoms with Gasteiger partial charge in [-0.1, -0.05) is 5.21 Å². The van der Waals surface area contributed by atoms with Gasteiger partial charge in [0.2, 0.25) is 5.69 Å². The summed E-state index contributed by atoms with van der Waals surface area (Å²) in [5.41, 5.74) is -2.34. The molecular weight excluding hydrogens is 265 g/mol. The monoisotopic (exact) mass is 278 g/mol. The maximum absolute atomic E-state index is 12.8. The first-order valence-electron chi connectivity index (χ1n) is 5.86. The van der Waals surface area contributed by atoms with Crippen LogP contribution in [0.3, 0.4) is 0 Å².